The van der Waals surface area contributed by atoms with Crippen LogP contribution in [0.4, 0.5) is 51.2 Å². The van der Waals surface area contributed by atoms with Crippen LogP contribution < -0.4 is 47.5 Å². The number of para-hydroxylation sites is 6. The van der Waals surface area contributed by atoms with Crippen LogP contribution in [0.3, 0.4) is 0 Å². The van der Waals surface area contributed by atoms with Gasteiger partial charge in [-0.15, -0.1) is 0 Å². The summed E-state index contributed by atoms with van der Waals surface area (Å²) in [6.45, 7) is 12.0. The molecule has 18 rings (SSSR count). The number of fused-ring (bicyclic) bond motifs is 10. The van der Waals surface area contributed by atoms with E-state index in [1.165, 1.54) is 132 Å². The third-order valence-corrected chi connectivity index (χ3v) is 19.9. The maximum Gasteiger partial charge on any atom is 0.244 e. The topological polar surface area (TPSA) is 9.72 Å². The van der Waals surface area contributed by atoms with Gasteiger partial charge in [0.15, 0.2) is 0 Å². The third kappa shape index (κ3) is 7.34. The highest BCUT2D eigenvalue weighted by Gasteiger charge is 2.46. The molecule has 0 aliphatic carbocycles. The van der Waals surface area contributed by atoms with Crippen LogP contribution in [0.15, 0.2) is 267 Å². The maximum absolute atomic E-state index is 2.70. The number of hydrogen-bond donors (Lipinski definition) is 0. The summed E-state index contributed by atoms with van der Waals surface area (Å²) in [4.78, 5) is 7.36. The van der Waals surface area contributed by atoms with Gasteiger partial charge in [-0.25, -0.2) is 0 Å². The summed E-state index contributed by atoms with van der Waals surface area (Å²) in [7, 11) is 0. The number of benzene rings is 14. The molecule has 14 aromatic rings. The van der Waals surface area contributed by atoms with Gasteiger partial charge in [-0.2, -0.15) is 0 Å². The summed E-state index contributed by atoms with van der Waals surface area (Å²) in [6, 6.07) is 101. The highest BCUT2D eigenvalue weighted by molar-refractivity contribution is 7.03. The highest BCUT2D eigenvalue weighted by Crippen LogP contribution is 2.53. The number of aryl methyl sites for hydroxylation is 1. The first-order valence-corrected chi connectivity index (χ1v) is 31.4. The lowest BCUT2D eigenvalue weighted by atomic mass is 9.34. The van der Waals surface area contributed by atoms with E-state index in [0.717, 1.165) is 45.5 Å². The van der Waals surface area contributed by atoms with Gasteiger partial charge in [0.1, 0.15) is 0 Å². The highest BCUT2D eigenvalue weighted by atomic mass is 15.2. The van der Waals surface area contributed by atoms with Crippen LogP contribution in [0.1, 0.15) is 56.2 Å². The van der Waals surface area contributed by atoms with Crippen LogP contribution in [-0.2, 0) is 0 Å². The second-order valence-corrected chi connectivity index (χ2v) is 25.5. The average Bonchev–Trinajstić information content (AvgIpc) is 1.32. The lowest BCUT2D eigenvalue weighted by Crippen LogP contribution is -2.53. The maximum atomic E-state index is 2.70. The van der Waals surface area contributed by atoms with Crippen molar-refractivity contribution in [1.29, 1.82) is 0 Å². The fourth-order valence-corrected chi connectivity index (χ4v) is 16.3. The standard InChI is InChI=1S/C83H61B2N3/c1-50(2)62-46-66-72-44-60(87(55-28-16-8-17-29-55)56-30-18-9-19-31-56)42-70-64-40-52(5)36-38-74(64)84(82(70)72)76-48-68-63(51(3)4)47-67-73-45-61(88(57-32-20-10-21-33-57)58-34-22-11-23-35-58)43-71-65-41-59(86(53-24-12-6-13-25-53)54-26-14-7-15-27-54)37-39-75(65)85(83(71)73)77-49-69(62)80(78(66)76)81(68)79(67)77/h6-51H,1-5H3. The number of rotatable bonds is 11. The first-order chi connectivity index (χ1) is 43.3. The van der Waals surface area contributed by atoms with Crippen molar-refractivity contribution in [3.63, 3.8) is 0 Å². The van der Waals surface area contributed by atoms with Crippen molar-refractivity contribution in [2.45, 2.75) is 46.5 Å². The summed E-state index contributed by atoms with van der Waals surface area (Å²) in [5, 5.41) is 8.41. The van der Waals surface area contributed by atoms with Crippen LogP contribution in [0.2, 0.25) is 0 Å². The molecule has 0 bridgehead atoms. The van der Waals surface area contributed by atoms with E-state index < -0.39 is 0 Å². The van der Waals surface area contributed by atoms with E-state index in [0.29, 0.717) is 0 Å². The average molecular weight is 1120 g/mol. The molecule has 3 nitrogen and oxygen atoms in total. The Bertz CT molecular complexity index is 5040. The summed E-state index contributed by atoms with van der Waals surface area (Å²) < 4.78 is 0. The van der Waals surface area contributed by atoms with E-state index in [4.69, 9.17) is 0 Å². The summed E-state index contributed by atoms with van der Waals surface area (Å²) in [5.74, 6) is 0.492. The Kier molecular flexibility index (Phi) is 11.2. The van der Waals surface area contributed by atoms with Gasteiger partial charge in [0.2, 0.25) is 13.4 Å². The van der Waals surface area contributed by atoms with Crippen molar-refractivity contribution in [2.75, 3.05) is 14.7 Å². The Morgan fingerprint density at radius 1 is 0.250 bits per heavy atom. The molecule has 0 saturated heterocycles. The zero-order chi connectivity index (χ0) is 58.6. The van der Waals surface area contributed by atoms with Crippen molar-refractivity contribution in [3.05, 3.63) is 284 Å². The molecule has 5 heteroatoms. The van der Waals surface area contributed by atoms with E-state index in [1.807, 2.05) is 0 Å². The zero-order valence-electron chi connectivity index (χ0n) is 50.1. The fraction of sp³-hybridized carbons (Fsp3) is 0.0843. The molecule has 14 aromatic carbocycles. The Balaban J connectivity index is 0.965. The van der Waals surface area contributed by atoms with E-state index in [9.17, 15) is 0 Å². The molecule has 4 heterocycles. The molecule has 88 heavy (non-hydrogen) atoms. The summed E-state index contributed by atoms with van der Waals surface area (Å²) in [6.07, 6.45) is 0. The largest absolute Gasteiger partial charge is 0.310 e. The van der Waals surface area contributed by atoms with Gasteiger partial charge in [-0.3, -0.25) is 0 Å². The molecule has 0 radical (unpaired) electrons. The van der Waals surface area contributed by atoms with Crippen molar-refractivity contribution >= 4 is 130 Å². The van der Waals surface area contributed by atoms with Gasteiger partial charge in [0, 0.05) is 51.2 Å². The molecule has 0 unspecified atom stereocenters. The molecule has 0 spiro atoms. The van der Waals surface area contributed by atoms with Crippen molar-refractivity contribution in [2.24, 2.45) is 0 Å². The second kappa shape index (κ2) is 19.3. The third-order valence-electron chi connectivity index (χ3n) is 19.9. The normalized spacial score (nSPS) is 12.8. The summed E-state index contributed by atoms with van der Waals surface area (Å²) >= 11 is 0. The SMILES string of the molecule is Cc1ccc2c(c1)-c1cc(N(c3ccccc3)c3ccccc3)cc3c1B2c1cc2c(C(C)C)cc4c5c(cc6c(C(C)C)cc-3c1c6c25)B1c2ccc(N(c3ccccc3)c3ccccc3)cc2-c2cc(N(c3ccccc3)c3ccccc3)cc-4c21. The lowest BCUT2D eigenvalue weighted by molar-refractivity contribution is 0.876. The molecule has 0 atom stereocenters. The molecule has 0 amide bonds. The Morgan fingerprint density at radius 2 is 0.557 bits per heavy atom. The molecule has 0 fully saturated rings. The molecule has 0 saturated carbocycles. The first kappa shape index (κ1) is 50.9. The number of hydrogen-bond acceptors (Lipinski definition) is 3. The van der Waals surface area contributed by atoms with Gasteiger partial charge >= 0.3 is 0 Å². The second-order valence-electron chi connectivity index (χ2n) is 25.5. The minimum Gasteiger partial charge on any atom is -0.310 e. The van der Waals surface area contributed by atoms with Crippen molar-refractivity contribution < 1.29 is 0 Å². The van der Waals surface area contributed by atoms with Gasteiger partial charge in [-0.05, 0) is 228 Å². The Hall–Kier alpha value is -10.4. The van der Waals surface area contributed by atoms with Crippen LogP contribution >= 0.6 is 0 Å². The Morgan fingerprint density at radius 3 is 0.909 bits per heavy atom. The number of anilines is 9. The molecular weight excluding hydrogens is 1060 g/mol. The van der Waals surface area contributed by atoms with E-state index in [1.54, 1.807) is 0 Å². The van der Waals surface area contributed by atoms with Gasteiger partial charge in [0.05, 0.1) is 0 Å². The summed E-state index contributed by atoms with van der Waals surface area (Å²) in [5.41, 5.74) is 33.4. The first-order valence-electron chi connectivity index (χ1n) is 31.4. The van der Waals surface area contributed by atoms with Crippen LogP contribution in [-0.4, -0.2) is 13.4 Å². The fourth-order valence-electron chi connectivity index (χ4n) is 16.3. The van der Waals surface area contributed by atoms with E-state index in [-0.39, 0.29) is 25.3 Å². The van der Waals surface area contributed by atoms with Crippen molar-refractivity contribution in [3.8, 4) is 44.5 Å². The minimum absolute atomic E-state index is 0.000666. The Labute approximate surface area is 515 Å². The predicted octanol–water partition coefficient (Wildman–Crippen LogP) is 18.5. The van der Waals surface area contributed by atoms with Crippen LogP contribution in [0.25, 0.3) is 76.8 Å². The molecule has 0 aromatic heterocycles. The molecule has 0 N–H and O–H groups in total. The lowest BCUT2D eigenvalue weighted by Gasteiger charge is -2.34. The monoisotopic (exact) mass is 1120 g/mol. The minimum atomic E-state index is 0.000666. The van der Waals surface area contributed by atoms with E-state index >= 15 is 0 Å². The molecule has 414 valence electrons. The van der Waals surface area contributed by atoms with Crippen molar-refractivity contribution in [1.82, 2.24) is 0 Å². The smallest absolute Gasteiger partial charge is 0.244 e. The van der Waals surface area contributed by atoms with Crippen LogP contribution in [0, 0.1) is 6.92 Å². The van der Waals surface area contributed by atoms with Crippen LogP contribution in [0.5, 0.6) is 0 Å². The quantitative estimate of drug-likeness (QED) is 0.0944. The van der Waals surface area contributed by atoms with Gasteiger partial charge in [-0.1, -0.05) is 212 Å². The van der Waals surface area contributed by atoms with Gasteiger partial charge in [0.25, 0.3) is 0 Å². The zero-order valence-corrected chi connectivity index (χ0v) is 50.1. The molecule has 4 aliphatic rings. The molecular formula is C83H61B2N3. The number of nitrogens with zero attached hydrogens (tertiary/aromatic N) is 3. The predicted molar refractivity (Wildman–Crippen MR) is 378 cm³/mol. The van der Waals surface area contributed by atoms with Gasteiger partial charge < -0.3 is 14.7 Å². The molecule has 4 aliphatic heterocycles. The van der Waals surface area contributed by atoms with E-state index in [2.05, 4.69) is 316 Å².